The van der Waals surface area contributed by atoms with Gasteiger partial charge >= 0.3 is 0 Å². The van der Waals surface area contributed by atoms with Gasteiger partial charge in [0.1, 0.15) is 16.8 Å². The Kier molecular flexibility index (Phi) is 3.13. The molecule has 21 heavy (non-hydrogen) atoms. The molecule has 2 saturated heterocycles. The van der Waals surface area contributed by atoms with Gasteiger partial charge in [0.25, 0.3) is 0 Å². The van der Waals surface area contributed by atoms with E-state index in [4.69, 9.17) is 0 Å². The van der Waals surface area contributed by atoms with E-state index in [1.807, 2.05) is 0 Å². The van der Waals surface area contributed by atoms with E-state index < -0.39 is 11.0 Å². The summed E-state index contributed by atoms with van der Waals surface area (Å²) in [5.74, 6) is -0.448. The van der Waals surface area contributed by atoms with Crippen molar-refractivity contribution < 1.29 is 14.0 Å². The lowest BCUT2D eigenvalue weighted by Gasteiger charge is -2.41. The maximum absolute atomic E-state index is 13.0. The molecule has 5 heteroatoms. The van der Waals surface area contributed by atoms with Crippen LogP contribution in [0.2, 0.25) is 0 Å². The number of fused-ring (bicyclic) bond motifs is 1. The number of nitrogens with one attached hydrogen (secondary N) is 1. The number of halogens is 1. The summed E-state index contributed by atoms with van der Waals surface area (Å²) in [4.78, 5) is 27.1. The molecule has 0 bridgehead atoms. The second kappa shape index (κ2) is 4.63. The number of carbonyl (C=O) groups excluding carboxylic acids is 2. The van der Waals surface area contributed by atoms with E-state index in [1.165, 1.54) is 12.1 Å². The van der Waals surface area contributed by atoms with Gasteiger partial charge in [-0.3, -0.25) is 9.59 Å². The Bertz CT molecular complexity index is 597. The summed E-state index contributed by atoms with van der Waals surface area (Å²) in [7, 11) is 0. The van der Waals surface area contributed by atoms with Crippen molar-refractivity contribution in [3.05, 3.63) is 35.6 Å². The van der Waals surface area contributed by atoms with E-state index in [0.29, 0.717) is 26.1 Å². The fourth-order valence-corrected chi connectivity index (χ4v) is 3.49. The maximum Gasteiger partial charge on any atom is 0.236 e. The molecule has 0 radical (unpaired) electrons. The molecule has 112 valence electrons. The Morgan fingerprint density at radius 1 is 1.24 bits per heavy atom. The van der Waals surface area contributed by atoms with Crippen molar-refractivity contribution >= 4 is 11.7 Å². The fraction of sp³-hybridized carbons (Fsp3) is 0.500. The highest BCUT2D eigenvalue weighted by molar-refractivity contribution is 6.16. The fourth-order valence-electron chi connectivity index (χ4n) is 3.49. The third-order valence-corrected chi connectivity index (χ3v) is 4.63. The molecular formula is C16H19FN2O2. The normalized spacial score (nSPS) is 27.9. The van der Waals surface area contributed by atoms with Crippen LogP contribution in [0.15, 0.2) is 24.3 Å². The van der Waals surface area contributed by atoms with Crippen molar-refractivity contribution in [2.75, 3.05) is 19.6 Å². The Morgan fingerprint density at radius 3 is 2.57 bits per heavy atom. The van der Waals surface area contributed by atoms with Crippen molar-refractivity contribution in [3.8, 4) is 0 Å². The SMILES string of the molecule is CC1(C)C(=O)N2CCNCC2(Cc2ccc(F)cc2)C1=O. The van der Waals surface area contributed by atoms with Crippen LogP contribution < -0.4 is 5.32 Å². The van der Waals surface area contributed by atoms with E-state index >= 15 is 0 Å². The van der Waals surface area contributed by atoms with E-state index in [-0.39, 0.29) is 17.5 Å². The molecule has 2 fully saturated rings. The molecule has 1 atom stereocenters. The standard InChI is InChI=1S/C16H19FN2O2/c1-15(2)13(20)16(9-11-3-5-12(17)6-4-11)10-18-7-8-19(16)14(15)21/h3-6,18H,7-10H2,1-2H3. The van der Waals surface area contributed by atoms with Gasteiger partial charge in [0.15, 0.2) is 5.78 Å². The van der Waals surface area contributed by atoms with E-state index in [2.05, 4.69) is 5.32 Å². The molecule has 1 N–H and O–H groups in total. The van der Waals surface area contributed by atoms with Gasteiger partial charge in [-0.05, 0) is 31.5 Å². The van der Waals surface area contributed by atoms with Crippen molar-refractivity contribution in [3.63, 3.8) is 0 Å². The zero-order chi connectivity index (χ0) is 15.3. The van der Waals surface area contributed by atoms with Gasteiger partial charge in [-0.2, -0.15) is 0 Å². The predicted octanol–water partition coefficient (Wildman–Crippen LogP) is 1.15. The lowest BCUT2D eigenvalue weighted by Crippen LogP contribution is -2.63. The number of hydrogen-bond donors (Lipinski definition) is 1. The van der Waals surface area contributed by atoms with E-state index in [9.17, 15) is 14.0 Å². The summed E-state index contributed by atoms with van der Waals surface area (Å²) in [5.41, 5.74) is -0.952. The Labute approximate surface area is 123 Å². The minimum Gasteiger partial charge on any atom is -0.326 e. The highest BCUT2D eigenvalue weighted by Crippen LogP contribution is 2.41. The molecule has 3 rings (SSSR count). The topological polar surface area (TPSA) is 49.4 Å². The summed E-state index contributed by atoms with van der Waals surface area (Å²) < 4.78 is 13.0. The number of nitrogens with zero attached hydrogens (tertiary/aromatic N) is 1. The summed E-state index contributed by atoms with van der Waals surface area (Å²) in [6, 6.07) is 6.14. The van der Waals surface area contributed by atoms with Gasteiger partial charge in [0, 0.05) is 26.1 Å². The molecule has 1 unspecified atom stereocenters. The lowest BCUT2D eigenvalue weighted by atomic mass is 9.78. The summed E-state index contributed by atoms with van der Waals surface area (Å²) in [6.07, 6.45) is 0.425. The minimum absolute atomic E-state index is 0.0449. The predicted molar refractivity (Wildman–Crippen MR) is 76.2 cm³/mol. The molecule has 0 spiro atoms. The summed E-state index contributed by atoms with van der Waals surface area (Å²) in [6.45, 7) is 5.08. The van der Waals surface area contributed by atoms with Gasteiger partial charge in [0.2, 0.25) is 5.91 Å². The van der Waals surface area contributed by atoms with Crippen LogP contribution in [0.4, 0.5) is 4.39 Å². The van der Waals surface area contributed by atoms with Gasteiger partial charge in [-0.25, -0.2) is 4.39 Å². The molecular weight excluding hydrogens is 271 g/mol. The zero-order valence-electron chi connectivity index (χ0n) is 12.3. The Balaban J connectivity index is 2.01. The third-order valence-electron chi connectivity index (χ3n) is 4.63. The zero-order valence-corrected chi connectivity index (χ0v) is 12.3. The Morgan fingerprint density at radius 2 is 1.90 bits per heavy atom. The maximum atomic E-state index is 13.0. The number of amides is 1. The van der Waals surface area contributed by atoms with E-state index in [0.717, 1.165) is 5.56 Å². The first kappa shape index (κ1) is 14.2. The molecule has 2 aliphatic rings. The van der Waals surface area contributed by atoms with Gasteiger partial charge in [-0.15, -0.1) is 0 Å². The minimum atomic E-state index is -0.980. The largest absolute Gasteiger partial charge is 0.326 e. The third kappa shape index (κ3) is 1.99. The number of piperazine rings is 1. The van der Waals surface area contributed by atoms with Crippen molar-refractivity contribution in [2.24, 2.45) is 5.41 Å². The number of ketones is 1. The highest BCUT2D eigenvalue weighted by Gasteiger charge is 2.62. The van der Waals surface area contributed by atoms with Gasteiger partial charge in [-0.1, -0.05) is 12.1 Å². The molecule has 1 aromatic rings. The molecule has 2 aliphatic heterocycles. The first-order chi connectivity index (χ1) is 9.88. The van der Waals surface area contributed by atoms with Crippen LogP contribution in [0.3, 0.4) is 0 Å². The molecule has 0 saturated carbocycles. The van der Waals surface area contributed by atoms with Crippen LogP contribution in [0.1, 0.15) is 19.4 Å². The van der Waals surface area contributed by atoms with Gasteiger partial charge < -0.3 is 10.2 Å². The van der Waals surface area contributed by atoms with Crippen LogP contribution >= 0.6 is 0 Å². The monoisotopic (exact) mass is 290 g/mol. The molecule has 1 aromatic carbocycles. The summed E-state index contributed by atoms with van der Waals surface area (Å²) >= 11 is 0. The van der Waals surface area contributed by atoms with Crippen molar-refractivity contribution in [2.45, 2.75) is 25.8 Å². The number of benzene rings is 1. The second-order valence-corrected chi connectivity index (χ2v) is 6.42. The number of hydrogen-bond acceptors (Lipinski definition) is 3. The van der Waals surface area contributed by atoms with Gasteiger partial charge in [0.05, 0.1) is 0 Å². The molecule has 0 aliphatic carbocycles. The molecule has 1 amide bonds. The van der Waals surface area contributed by atoms with Crippen LogP contribution in [0, 0.1) is 11.2 Å². The highest BCUT2D eigenvalue weighted by atomic mass is 19.1. The second-order valence-electron chi connectivity index (χ2n) is 6.42. The van der Waals surface area contributed by atoms with Crippen LogP contribution in [-0.2, 0) is 16.0 Å². The number of Topliss-reactive ketones (excluding diaryl/α,β-unsaturated/α-hetero) is 1. The van der Waals surface area contributed by atoms with Crippen molar-refractivity contribution in [1.29, 1.82) is 0 Å². The van der Waals surface area contributed by atoms with Crippen LogP contribution in [0.25, 0.3) is 0 Å². The smallest absolute Gasteiger partial charge is 0.236 e. The first-order valence-electron chi connectivity index (χ1n) is 7.20. The lowest BCUT2D eigenvalue weighted by molar-refractivity contribution is -0.137. The quantitative estimate of drug-likeness (QED) is 0.831. The van der Waals surface area contributed by atoms with Crippen LogP contribution in [0.5, 0.6) is 0 Å². The van der Waals surface area contributed by atoms with Crippen molar-refractivity contribution in [1.82, 2.24) is 10.2 Å². The summed E-state index contributed by atoms with van der Waals surface area (Å²) in [5, 5.41) is 3.23. The average molecular weight is 290 g/mol. The molecule has 2 heterocycles. The molecule has 4 nitrogen and oxygen atoms in total. The average Bonchev–Trinajstić information content (AvgIpc) is 2.61. The van der Waals surface area contributed by atoms with E-state index in [1.54, 1.807) is 30.9 Å². The number of rotatable bonds is 2. The first-order valence-corrected chi connectivity index (χ1v) is 7.20. The molecule has 0 aromatic heterocycles. The Hall–Kier alpha value is -1.75. The van der Waals surface area contributed by atoms with Crippen LogP contribution in [-0.4, -0.2) is 41.8 Å². The number of carbonyl (C=O) groups is 2.